The summed E-state index contributed by atoms with van der Waals surface area (Å²) in [4.78, 5) is 2.54. The van der Waals surface area contributed by atoms with Gasteiger partial charge in [0, 0.05) is 12.1 Å². The maximum Gasteiger partial charge on any atom is 0.118 e. The van der Waals surface area contributed by atoms with Crippen LogP contribution in [0.5, 0.6) is 0 Å². The third kappa shape index (κ3) is 4.95. The lowest BCUT2D eigenvalue weighted by molar-refractivity contribution is 0.153. The van der Waals surface area contributed by atoms with Gasteiger partial charge < -0.3 is 9.73 Å². The van der Waals surface area contributed by atoms with Crippen molar-refractivity contribution in [1.29, 1.82) is 0 Å². The largest absolute Gasteiger partial charge is 0.463 e. The Labute approximate surface area is 123 Å². The minimum absolute atomic E-state index is 0.133. The summed E-state index contributed by atoms with van der Waals surface area (Å²) in [5.41, 5.74) is 0.133. The van der Waals surface area contributed by atoms with Gasteiger partial charge in [-0.3, -0.25) is 4.90 Å². The molecule has 2 rings (SSSR count). The van der Waals surface area contributed by atoms with Crippen molar-refractivity contribution in [3.05, 3.63) is 23.7 Å². The van der Waals surface area contributed by atoms with Crippen molar-refractivity contribution < 1.29 is 4.42 Å². The molecule has 2 heterocycles. The van der Waals surface area contributed by atoms with Crippen LogP contribution in [0.3, 0.4) is 0 Å². The smallest absolute Gasteiger partial charge is 0.118 e. The topological polar surface area (TPSA) is 28.4 Å². The summed E-state index contributed by atoms with van der Waals surface area (Å²) in [6, 6.07) is 4.24. The summed E-state index contributed by atoms with van der Waals surface area (Å²) in [5.74, 6) is 3.02. The highest BCUT2D eigenvalue weighted by molar-refractivity contribution is 5.07. The van der Waals surface area contributed by atoms with E-state index in [2.05, 4.69) is 50.0 Å². The van der Waals surface area contributed by atoms with Crippen molar-refractivity contribution in [3.8, 4) is 0 Å². The molecule has 0 bridgehead atoms. The molecular formula is C17H30N2O. The van der Waals surface area contributed by atoms with Crippen molar-refractivity contribution >= 4 is 0 Å². The third-order valence-electron chi connectivity index (χ3n) is 4.07. The lowest BCUT2D eigenvalue weighted by Crippen LogP contribution is -2.35. The van der Waals surface area contributed by atoms with Crippen LogP contribution >= 0.6 is 0 Å². The first-order valence-corrected chi connectivity index (χ1v) is 8.01. The van der Waals surface area contributed by atoms with Crippen LogP contribution in [0.1, 0.15) is 58.5 Å². The highest BCUT2D eigenvalue weighted by atomic mass is 16.3. The highest BCUT2D eigenvalue weighted by Gasteiger charge is 2.19. The molecule has 1 aromatic heterocycles. The van der Waals surface area contributed by atoms with E-state index in [1.807, 2.05) is 0 Å². The number of hydrogen-bond acceptors (Lipinski definition) is 3. The normalized spacial score (nSPS) is 21.3. The number of piperidine rings is 1. The van der Waals surface area contributed by atoms with Crippen LogP contribution in [0.4, 0.5) is 0 Å². The molecule has 1 aliphatic rings. The standard InChI is InChI=1S/C17H30N2O/c1-5-14-7-6-10-19(12-14)13-16-9-8-15(20-16)11-18-17(2,3)4/h8-9,14,18H,5-7,10-13H2,1-4H3. The molecule has 0 aromatic carbocycles. The molecule has 1 atom stereocenters. The quantitative estimate of drug-likeness (QED) is 0.888. The summed E-state index contributed by atoms with van der Waals surface area (Å²) in [5, 5.41) is 3.46. The van der Waals surface area contributed by atoms with E-state index in [-0.39, 0.29) is 5.54 Å². The molecule has 1 aliphatic heterocycles. The molecule has 1 N–H and O–H groups in total. The minimum atomic E-state index is 0.133. The molecule has 0 spiro atoms. The lowest BCUT2D eigenvalue weighted by atomic mass is 9.96. The third-order valence-corrected chi connectivity index (χ3v) is 4.07. The van der Waals surface area contributed by atoms with Crippen LogP contribution in [0, 0.1) is 5.92 Å². The SMILES string of the molecule is CCC1CCCN(Cc2ccc(CNC(C)(C)C)o2)C1. The molecule has 1 unspecified atom stereocenters. The maximum atomic E-state index is 5.95. The van der Waals surface area contributed by atoms with Crippen molar-refractivity contribution in [2.75, 3.05) is 13.1 Å². The zero-order valence-electron chi connectivity index (χ0n) is 13.5. The zero-order chi connectivity index (χ0) is 14.6. The maximum absolute atomic E-state index is 5.95. The fraction of sp³-hybridized carbons (Fsp3) is 0.765. The van der Waals surface area contributed by atoms with E-state index in [1.165, 1.54) is 32.4 Å². The van der Waals surface area contributed by atoms with Gasteiger partial charge in [-0.2, -0.15) is 0 Å². The van der Waals surface area contributed by atoms with E-state index in [0.29, 0.717) is 0 Å². The first kappa shape index (κ1) is 15.6. The Hall–Kier alpha value is -0.800. The van der Waals surface area contributed by atoms with E-state index in [4.69, 9.17) is 4.42 Å². The predicted molar refractivity (Wildman–Crippen MR) is 83.6 cm³/mol. The van der Waals surface area contributed by atoms with E-state index < -0.39 is 0 Å². The Morgan fingerprint density at radius 2 is 2.05 bits per heavy atom. The average molecular weight is 278 g/mol. The number of hydrogen-bond donors (Lipinski definition) is 1. The van der Waals surface area contributed by atoms with Crippen molar-refractivity contribution in [2.45, 2.75) is 65.6 Å². The first-order valence-electron chi connectivity index (χ1n) is 8.01. The van der Waals surface area contributed by atoms with Gasteiger partial charge in [-0.25, -0.2) is 0 Å². The van der Waals surface area contributed by atoms with Crippen LogP contribution in [0.2, 0.25) is 0 Å². The molecule has 0 radical (unpaired) electrons. The molecule has 1 fully saturated rings. The van der Waals surface area contributed by atoms with Gasteiger partial charge in [0.15, 0.2) is 0 Å². The van der Waals surface area contributed by atoms with Gasteiger partial charge in [0.1, 0.15) is 11.5 Å². The van der Waals surface area contributed by atoms with E-state index in [0.717, 1.165) is 30.5 Å². The fourth-order valence-corrected chi connectivity index (χ4v) is 2.80. The van der Waals surface area contributed by atoms with Crippen LogP contribution in [-0.4, -0.2) is 23.5 Å². The molecule has 3 nitrogen and oxygen atoms in total. The summed E-state index contributed by atoms with van der Waals surface area (Å²) in [7, 11) is 0. The second kappa shape index (κ2) is 6.77. The summed E-state index contributed by atoms with van der Waals surface area (Å²) < 4.78 is 5.95. The molecule has 1 saturated heterocycles. The van der Waals surface area contributed by atoms with Gasteiger partial charge in [-0.15, -0.1) is 0 Å². The molecule has 20 heavy (non-hydrogen) atoms. The Balaban J connectivity index is 1.83. The molecule has 0 amide bonds. The average Bonchev–Trinajstić information content (AvgIpc) is 2.83. The van der Waals surface area contributed by atoms with Crippen molar-refractivity contribution in [1.82, 2.24) is 10.2 Å². The summed E-state index contributed by atoms with van der Waals surface area (Å²) in [6.07, 6.45) is 4.03. The Morgan fingerprint density at radius 3 is 2.75 bits per heavy atom. The van der Waals surface area contributed by atoms with Gasteiger partial charge in [0.2, 0.25) is 0 Å². The first-order chi connectivity index (χ1) is 9.46. The minimum Gasteiger partial charge on any atom is -0.463 e. The summed E-state index contributed by atoms with van der Waals surface area (Å²) >= 11 is 0. The number of nitrogens with one attached hydrogen (secondary N) is 1. The zero-order valence-corrected chi connectivity index (χ0v) is 13.5. The van der Waals surface area contributed by atoms with Gasteiger partial charge in [-0.1, -0.05) is 13.3 Å². The van der Waals surface area contributed by atoms with Crippen molar-refractivity contribution in [3.63, 3.8) is 0 Å². The molecule has 114 valence electrons. The molecule has 0 aliphatic carbocycles. The monoisotopic (exact) mass is 278 g/mol. The molecular weight excluding hydrogens is 248 g/mol. The van der Waals surface area contributed by atoms with E-state index >= 15 is 0 Å². The van der Waals surface area contributed by atoms with Gasteiger partial charge in [-0.05, 0) is 58.2 Å². The second-order valence-electron chi connectivity index (χ2n) is 7.12. The van der Waals surface area contributed by atoms with Crippen LogP contribution < -0.4 is 5.32 Å². The van der Waals surface area contributed by atoms with Crippen molar-refractivity contribution in [2.24, 2.45) is 5.92 Å². The van der Waals surface area contributed by atoms with Crippen LogP contribution in [0.15, 0.2) is 16.5 Å². The Morgan fingerprint density at radius 1 is 1.30 bits per heavy atom. The number of rotatable bonds is 5. The number of furan rings is 1. The van der Waals surface area contributed by atoms with E-state index in [1.54, 1.807) is 0 Å². The lowest BCUT2D eigenvalue weighted by Gasteiger charge is -2.31. The summed E-state index contributed by atoms with van der Waals surface area (Å²) in [6.45, 7) is 13.0. The number of likely N-dealkylation sites (tertiary alicyclic amines) is 1. The molecule has 1 aromatic rings. The molecule has 3 heteroatoms. The second-order valence-corrected chi connectivity index (χ2v) is 7.12. The van der Waals surface area contributed by atoms with Gasteiger partial charge >= 0.3 is 0 Å². The van der Waals surface area contributed by atoms with E-state index in [9.17, 15) is 0 Å². The fourth-order valence-electron chi connectivity index (χ4n) is 2.80. The van der Waals surface area contributed by atoms with Gasteiger partial charge in [0.25, 0.3) is 0 Å². The Kier molecular flexibility index (Phi) is 5.28. The Bertz CT molecular complexity index is 405. The van der Waals surface area contributed by atoms with Gasteiger partial charge in [0.05, 0.1) is 13.1 Å². The van der Waals surface area contributed by atoms with Crippen LogP contribution in [0.25, 0.3) is 0 Å². The van der Waals surface area contributed by atoms with Crippen LogP contribution in [-0.2, 0) is 13.1 Å². The predicted octanol–water partition coefficient (Wildman–Crippen LogP) is 3.79. The highest BCUT2D eigenvalue weighted by Crippen LogP contribution is 2.21. The number of nitrogens with zero attached hydrogens (tertiary/aromatic N) is 1. The molecule has 0 saturated carbocycles.